The van der Waals surface area contributed by atoms with Gasteiger partial charge in [0.25, 0.3) is 0 Å². The second-order valence-corrected chi connectivity index (χ2v) is 23.5. The van der Waals surface area contributed by atoms with Gasteiger partial charge in [-0.05, 0) is 60.6 Å². The van der Waals surface area contributed by atoms with Crippen LogP contribution in [0, 0.1) is 0 Å². The molecule has 0 bridgehead atoms. The summed E-state index contributed by atoms with van der Waals surface area (Å²) in [6, 6.07) is 0. The number of hydrogen-bond donors (Lipinski definition) is 0. The summed E-state index contributed by atoms with van der Waals surface area (Å²) in [5.41, 5.74) is 0. The van der Waals surface area contributed by atoms with E-state index in [-0.39, 0.29) is 22.3 Å². The fraction of sp³-hybridized carbons (Fsp3) is 1.00. The normalized spacial score (nSPS) is 16.0. The average Bonchev–Trinajstić information content (AvgIpc) is 2.58. The Hall–Kier alpha value is 1.05. The van der Waals surface area contributed by atoms with Gasteiger partial charge in [0, 0.05) is 11.5 Å². The van der Waals surface area contributed by atoms with Gasteiger partial charge in [-0.2, -0.15) is 23.5 Å². The van der Waals surface area contributed by atoms with E-state index in [0.29, 0.717) is 0 Å². The van der Waals surface area contributed by atoms with Gasteiger partial charge >= 0.3 is 0 Å². The summed E-state index contributed by atoms with van der Waals surface area (Å²) in [6.07, 6.45) is 5.48. The molecule has 0 fully saturated rings. The van der Waals surface area contributed by atoms with Gasteiger partial charge in [-0.15, -0.1) is 0 Å². The van der Waals surface area contributed by atoms with Crippen LogP contribution in [0.15, 0.2) is 0 Å². The Kier molecular flexibility index (Phi) is 14.2. The van der Waals surface area contributed by atoms with Crippen LogP contribution < -0.4 is 0 Å². The lowest BCUT2D eigenvalue weighted by Gasteiger charge is -2.45. The van der Waals surface area contributed by atoms with Crippen LogP contribution in [0.3, 0.4) is 0 Å². The minimum Gasteiger partial charge on any atom is -0.410 e. The summed E-state index contributed by atoms with van der Waals surface area (Å²) in [7, 11) is -3.72. The molecule has 182 valence electrons. The quantitative estimate of drug-likeness (QED) is 0.167. The molecule has 30 heavy (non-hydrogen) atoms. The van der Waals surface area contributed by atoms with Crippen LogP contribution in [0.1, 0.15) is 81.1 Å². The van der Waals surface area contributed by atoms with E-state index in [0.717, 1.165) is 11.5 Å². The van der Waals surface area contributed by atoms with Crippen molar-refractivity contribution in [3.63, 3.8) is 0 Å². The fourth-order valence-corrected chi connectivity index (χ4v) is 7.72. The van der Waals surface area contributed by atoms with Crippen molar-refractivity contribution in [1.82, 2.24) is 0 Å². The molecule has 0 aliphatic heterocycles. The molecule has 0 saturated carbocycles. The monoisotopic (exact) mass is 494 g/mol. The van der Waals surface area contributed by atoms with Crippen molar-refractivity contribution in [2.75, 3.05) is 23.0 Å². The van der Waals surface area contributed by atoms with Crippen LogP contribution in [-0.4, -0.2) is 51.9 Å². The lowest BCUT2D eigenvalue weighted by atomic mass is 10.2. The van der Waals surface area contributed by atoms with Gasteiger partial charge < -0.3 is 8.85 Å². The molecular formula is C24H54O2S2Si2. The fourth-order valence-electron chi connectivity index (χ4n) is 2.44. The molecule has 0 aromatic heterocycles. The van der Waals surface area contributed by atoms with E-state index in [2.05, 4.69) is 105 Å². The van der Waals surface area contributed by atoms with Crippen molar-refractivity contribution >= 4 is 40.2 Å². The Morgan fingerprint density at radius 1 is 0.633 bits per heavy atom. The molecule has 0 unspecified atom stereocenters. The smallest absolute Gasteiger partial charge is 0.192 e. The van der Waals surface area contributed by atoms with E-state index in [1.54, 1.807) is 0 Å². The summed E-state index contributed by atoms with van der Waals surface area (Å²) in [4.78, 5) is 0. The molecule has 0 spiro atoms. The SMILES string of the molecule is CCCCSC[C@H](O[Si](C)(C)C(C)(C)C)[C@H](CSCCCC)O[Si](C)(C)C(C)(C)C. The highest BCUT2D eigenvalue weighted by Gasteiger charge is 2.44. The third-order valence-corrected chi connectivity index (χ3v) is 18.1. The van der Waals surface area contributed by atoms with Crippen molar-refractivity contribution in [2.45, 2.75) is 130 Å². The Morgan fingerprint density at radius 3 is 1.17 bits per heavy atom. The Labute approximate surface area is 201 Å². The number of rotatable bonds is 15. The first kappa shape index (κ1) is 31.1. The van der Waals surface area contributed by atoms with E-state index in [1.807, 2.05) is 0 Å². The zero-order valence-electron chi connectivity index (χ0n) is 22.4. The van der Waals surface area contributed by atoms with E-state index in [1.165, 1.54) is 37.2 Å². The van der Waals surface area contributed by atoms with Gasteiger partial charge in [-0.25, -0.2) is 0 Å². The second kappa shape index (κ2) is 13.7. The molecular weight excluding hydrogens is 441 g/mol. The lowest BCUT2D eigenvalue weighted by molar-refractivity contribution is 0.0644. The number of hydrogen-bond acceptors (Lipinski definition) is 4. The van der Waals surface area contributed by atoms with Crippen LogP contribution >= 0.6 is 23.5 Å². The van der Waals surface area contributed by atoms with E-state index in [9.17, 15) is 0 Å². The first-order valence-electron chi connectivity index (χ1n) is 12.1. The number of thioether (sulfide) groups is 2. The summed E-state index contributed by atoms with van der Waals surface area (Å²) in [5.74, 6) is 4.56. The highest BCUT2D eigenvalue weighted by Crippen LogP contribution is 2.41. The molecule has 2 atom stereocenters. The third-order valence-electron chi connectivity index (χ3n) is 6.77. The lowest BCUT2D eigenvalue weighted by Crippen LogP contribution is -2.53. The van der Waals surface area contributed by atoms with Crippen molar-refractivity contribution in [3.8, 4) is 0 Å². The summed E-state index contributed by atoms with van der Waals surface area (Å²) in [6.45, 7) is 28.2. The third kappa shape index (κ3) is 11.3. The van der Waals surface area contributed by atoms with Crippen molar-refractivity contribution in [3.05, 3.63) is 0 Å². The van der Waals surface area contributed by atoms with Gasteiger partial charge in [0.05, 0.1) is 12.2 Å². The molecule has 0 aliphatic carbocycles. The van der Waals surface area contributed by atoms with Gasteiger partial charge in [-0.3, -0.25) is 0 Å². The Morgan fingerprint density at radius 2 is 0.933 bits per heavy atom. The maximum atomic E-state index is 7.06. The molecule has 6 heteroatoms. The minimum absolute atomic E-state index is 0.191. The molecule has 0 aromatic rings. The van der Waals surface area contributed by atoms with Crippen molar-refractivity contribution < 1.29 is 8.85 Å². The maximum Gasteiger partial charge on any atom is 0.192 e. The van der Waals surface area contributed by atoms with Crippen LogP contribution in [0.25, 0.3) is 0 Å². The highest BCUT2D eigenvalue weighted by atomic mass is 32.2. The zero-order chi connectivity index (χ0) is 23.6. The van der Waals surface area contributed by atoms with E-state index in [4.69, 9.17) is 8.85 Å². The molecule has 0 rings (SSSR count). The first-order chi connectivity index (χ1) is 13.6. The largest absolute Gasteiger partial charge is 0.410 e. The summed E-state index contributed by atoms with van der Waals surface area (Å²) in [5, 5.41) is 0.437. The average molecular weight is 495 g/mol. The highest BCUT2D eigenvalue weighted by molar-refractivity contribution is 7.99. The molecule has 0 aliphatic rings. The van der Waals surface area contributed by atoms with E-state index < -0.39 is 16.6 Å². The Balaban J connectivity index is 5.65. The summed E-state index contributed by atoms with van der Waals surface area (Å²) >= 11 is 4.13. The summed E-state index contributed by atoms with van der Waals surface area (Å²) < 4.78 is 14.1. The van der Waals surface area contributed by atoms with Crippen molar-refractivity contribution in [2.24, 2.45) is 0 Å². The van der Waals surface area contributed by atoms with Crippen molar-refractivity contribution in [1.29, 1.82) is 0 Å². The predicted molar refractivity (Wildman–Crippen MR) is 149 cm³/mol. The zero-order valence-corrected chi connectivity index (χ0v) is 26.1. The molecule has 0 heterocycles. The van der Waals surface area contributed by atoms with Gasteiger partial charge in [0.15, 0.2) is 16.6 Å². The second-order valence-electron chi connectivity index (χ2n) is 11.7. The molecule has 2 nitrogen and oxygen atoms in total. The van der Waals surface area contributed by atoms with Crippen LogP contribution in [0.2, 0.25) is 36.3 Å². The van der Waals surface area contributed by atoms with Crippen LogP contribution in [0.4, 0.5) is 0 Å². The topological polar surface area (TPSA) is 18.5 Å². The minimum atomic E-state index is -1.86. The first-order valence-corrected chi connectivity index (χ1v) is 20.2. The standard InChI is InChI=1S/C24H54O2S2Si2/c1-13-15-17-27-19-21(25-29(9,10)23(3,4)5)22(20-28-18-16-14-2)26-30(11,12)24(6,7)8/h21-22H,13-20H2,1-12H3/t21-,22-/m0/s1. The Bertz CT molecular complexity index is 415. The van der Waals surface area contributed by atoms with Gasteiger partial charge in [-0.1, -0.05) is 68.2 Å². The van der Waals surface area contributed by atoms with Gasteiger partial charge in [0.1, 0.15) is 0 Å². The molecule has 0 saturated heterocycles. The van der Waals surface area contributed by atoms with Gasteiger partial charge in [0.2, 0.25) is 0 Å². The molecule has 0 radical (unpaired) electrons. The number of unbranched alkanes of at least 4 members (excludes halogenated alkanes) is 2. The molecule has 0 N–H and O–H groups in total. The predicted octanol–water partition coefficient (Wildman–Crippen LogP) is 8.83. The van der Waals surface area contributed by atoms with E-state index >= 15 is 0 Å². The maximum absolute atomic E-state index is 7.06. The molecule has 0 amide bonds. The van der Waals surface area contributed by atoms with Crippen LogP contribution in [-0.2, 0) is 8.85 Å². The van der Waals surface area contributed by atoms with Crippen LogP contribution in [0.5, 0.6) is 0 Å². The molecule has 0 aromatic carbocycles.